The van der Waals surface area contributed by atoms with E-state index in [-0.39, 0.29) is 29.6 Å². The van der Waals surface area contributed by atoms with Crippen LogP contribution in [-0.4, -0.2) is 19.1 Å². The van der Waals surface area contributed by atoms with Crippen LogP contribution in [0.4, 0.5) is 0 Å². The average Bonchev–Trinajstić information content (AvgIpc) is 2.34. The van der Waals surface area contributed by atoms with Crippen molar-refractivity contribution in [2.45, 2.75) is 90.6 Å². The Morgan fingerprint density at radius 2 is 1.35 bits per heavy atom. The fourth-order valence-electron chi connectivity index (χ4n) is 2.17. The second-order valence-corrected chi connectivity index (χ2v) is 6.16. The van der Waals surface area contributed by atoms with Crippen molar-refractivity contribution in [2.75, 3.05) is 0 Å². The van der Waals surface area contributed by atoms with Gasteiger partial charge in [0.25, 0.3) is 0 Å². The summed E-state index contributed by atoms with van der Waals surface area (Å²) in [6.07, 6.45) is 11.8. The molecular weight excluding hydrogens is 287 g/mol. The predicted octanol–water partition coefficient (Wildman–Crippen LogP) is 1.17. The van der Waals surface area contributed by atoms with E-state index in [0.717, 1.165) is 12.8 Å². The first kappa shape index (κ1) is 23.1. The predicted molar refractivity (Wildman–Crippen MR) is 76.7 cm³/mol. The fraction of sp³-hybridized carbons (Fsp3) is 1.00. The van der Waals surface area contributed by atoms with Crippen LogP contribution < -0.4 is 29.6 Å². The first-order chi connectivity index (χ1) is 8.99. The van der Waals surface area contributed by atoms with Crippen LogP contribution in [0.25, 0.3) is 0 Å². The van der Waals surface area contributed by atoms with Crippen LogP contribution in [0.2, 0.25) is 0 Å². The van der Waals surface area contributed by atoms with E-state index in [9.17, 15) is 13.0 Å². The van der Waals surface area contributed by atoms with E-state index in [0.29, 0.717) is 12.8 Å². The Labute approximate surface area is 147 Å². The van der Waals surface area contributed by atoms with E-state index in [1.54, 1.807) is 0 Å². The van der Waals surface area contributed by atoms with Crippen molar-refractivity contribution in [3.8, 4) is 0 Å². The van der Waals surface area contributed by atoms with Crippen LogP contribution >= 0.6 is 0 Å². The van der Waals surface area contributed by atoms with Gasteiger partial charge >= 0.3 is 29.6 Å². The van der Waals surface area contributed by atoms with E-state index < -0.39 is 16.5 Å². The summed E-state index contributed by atoms with van der Waals surface area (Å²) in [5, 5.41) is 0. The zero-order valence-electron chi connectivity index (χ0n) is 13.4. The third kappa shape index (κ3) is 16.9. The van der Waals surface area contributed by atoms with Gasteiger partial charge in [-0.15, -0.1) is 0 Å². The molecule has 6 heteroatoms. The van der Waals surface area contributed by atoms with Crippen molar-refractivity contribution in [3.05, 3.63) is 0 Å². The quantitative estimate of drug-likeness (QED) is 0.221. The van der Waals surface area contributed by atoms with Crippen LogP contribution in [0.5, 0.6) is 0 Å². The first-order valence-electron chi connectivity index (χ1n) is 7.63. The molecule has 4 nitrogen and oxygen atoms in total. The van der Waals surface area contributed by atoms with Gasteiger partial charge in [-0.3, -0.25) is 4.18 Å². The zero-order valence-corrected chi connectivity index (χ0v) is 16.2. The van der Waals surface area contributed by atoms with Crippen molar-refractivity contribution < 1.29 is 46.7 Å². The van der Waals surface area contributed by atoms with Crippen molar-refractivity contribution in [1.82, 2.24) is 0 Å². The summed E-state index contributed by atoms with van der Waals surface area (Å²) < 4.78 is 35.9. The molecular formula is C14H29NaO4S. The normalized spacial score (nSPS) is 12.9. The Morgan fingerprint density at radius 3 is 1.75 bits per heavy atom. The smallest absolute Gasteiger partial charge is 0.726 e. The van der Waals surface area contributed by atoms with Gasteiger partial charge in [-0.05, 0) is 12.8 Å². The van der Waals surface area contributed by atoms with Crippen molar-refractivity contribution in [3.63, 3.8) is 0 Å². The molecule has 1 atom stereocenters. The average molecular weight is 316 g/mol. The number of hydrogen-bond acceptors (Lipinski definition) is 4. The Hall–Kier alpha value is 0.870. The van der Waals surface area contributed by atoms with Crippen molar-refractivity contribution in [2.24, 2.45) is 0 Å². The Morgan fingerprint density at radius 1 is 0.900 bits per heavy atom. The molecule has 20 heavy (non-hydrogen) atoms. The maximum absolute atomic E-state index is 10.5. The molecule has 0 aliphatic heterocycles. The second kappa shape index (κ2) is 14.8. The van der Waals surface area contributed by atoms with Gasteiger partial charge in [-0.1, -0.05) is 71.6 Å². The van der Waals surface area contributed by atoms with E-state index in [1.165, 1.54) is 44.9 Å². The molecule has 1 unspecified atom stereocenters. The van der Waals surface area contributed by atoms with E-state index in [2.05, 4.69) is 11.1 Å². The van der Waals surface area contributed by atoms with Crippen LogP contribution in [0.1, 0.15) is 84.5 Å². The molecule has 0 radical (unpaired) electrons. The van der Waals surface area contributed by atoms with E-state index >= 15 is 0 Å². The second-order valence-electron chi connectivity index (χ2n) is 5.15. The third-order valence-electron chi connectivity index (χ3n) is 3.34. The molecule has 116 valence electrons. The van der Waals surface area contributed by atoms with Crippen LogP contribution in [0.15, 0.2) is 0 Å². The molecule has 0 aliphatic carbocycles. The minimum absolute atomic E-state index is 0. The maximum atomic E-state index is 10.5. The summed E-state index contributed by atoms with van der Waals surface area (Å²) in [7, 11) is -4.55. The van der Waals surface area contributed by atoms with Gasteiger partial charge in [0, 0.05) is 0 Å². The number of rotatable bonds is 13. The largest absolute Gasteiger partial charge is 1.00 e. The molecule has 0 saturated heterocycles. The monoisotopic (exact) mass is 316 g/mol. The summed E-state index contributed by atoms with van der Waals surface area (Å²) in [5.74, 6) is 0. The van der Waals surface area contributed by atoms with Gasteiger partial charge in [0.1, 0.15) is 0 Å². The molecule has 0 rings (SSSR count). The molecule has 0 aliphatic rings. The fourth-order valence-corrected chi connectivity index (χ4v) is 2.74. The van der Waals surface area contributed by atoms with Crippen molar-refractivity contribution in [1.29, 1.82) is 0 Å². The maximum Gasteiger partial charge on any atom is 1.00 e. The minimum Gasteiger partial charge on any atom is -0.726 e. The Kier molecular flexibility index (Phi) is 17.1. The van der Waals surface area contributed by atoms with Gasteiger partial charge < -0.3 is 4.55 Å². The number of hydrogen-bond donors (Lipinski definition) is 0. The van der Waals surface area contributed by atoms with E-state index in [4.69, 9.17) is 0 Å². The summed E-state index contributed by atoms with van der Waals surface area (Å²) in [5.41, 5.74) is 0. The molecule has 0 bridgehead atoms. The summed E-state index contributed by atoms with van der Waals surface area (Å²) in [6.45, 7) is 4.05. The van der Waals surface area contributed by atoms with Crippen LogP contribution in [-0.2, 0) is 14.6 Å². The first-order valence-corrected chi connectivity index (χ1v) is 8.97. The molecule has 0 spiro atoms. The third-order valence-corrected chi connectivity index (χ3v) is 3.85. The molecule has 0 aromatic rings. The summed E-state index contributed by atoms with van der Waals surface area (Å²) >= 11 is 0. The topological polar surface area (TPSA) is 66.4 Å². The summed E-state index contributed by atoms with van der Waals surface area (Å²) in [6, 6.07) is 0. The molecule has 0 fully saturated rings. The van der Waals surface area contributed by atoms with Gasteiger partial charge in [-0.2, -0.15) is 0 Å². The Balaban J connectivity index is 0. The van der Waals surface area contributed by atoms with Gasteiger partial charge in [0.05, 0.1) is 6.10 Å². The SMILES string of the molecule is CCCCCCCCCCCC(CC)OS(=O)(=O)[O-].[Na+]. The minimum atomic E-state index is -4.55. The van der Waals surface area contributed by atoms with Crippen LogP contribution in [0, 0.1) is 0 Å². The number of unbranched alkanes of at least 4 members (excludes halogenated alkanes) is 8. The molecule has 0 aromatic carbocycles. The van der Waals surface area contributed by atoms with Crippen molar-refractivity contribution >= 4 is 10.4 Å². The summed E-state index contributed by atoms with van der Waals surface area (Å²) in [4.78, 5) is 0. The molecule has 0 saturated carbocycles. The van der Waals surface area contributed by atoms with Gasteiger partial charge in [-0.25, -0.2) is 8.42 Å². The molecule has 0 amide bonds. The Bertz CT molecular complexity index is 294. The molecule has 0 heterocycles. The van der Waals surface area contributed by atoms with Crippen LogP contribution in [0.3, 0.4) is 0 Å². The zero-order chi connectivity index (χ0) is 14.6. The molecule has 0 aromatic heterocycles. The van der Waals surface area contributed by atoms with Gasteiger partial charge in [0.2, 0.25) is 10.4 Å². The van der Waals surface area contributed by atoms with Gasteiger partial charge in [0.15, 0.2) is 0 Å². The van der Waals surface area contributed by atoms with E-state index in [1.807, 2.05) is 6.92 Å². The standard InChI is InChI=1S/C14H30O4S.Na/c1-3-5-6-7-8-9-10-11-12-13-14(4-2)18-19(15,16)17;/h14H,3-13H2,1-2H3,(H,15,16,17);/q;+1/p-1. The molecule has 0 N–H and O–H groups in total.